The van der Waals surface area contributed by atoms with E-state index in [-0.39, 0.29) is 0 Å². The first-order valence-corrected chi connectivity index (χ1v) is 6.20. The van der Waals surface area contributed by atoms with Gasteiger partial charge in [-0.2, -0.15) is 5.26 Å². The van der Waals surface area contributed by atoms with E-state index in [9.17, 15) is 9.90 Å². The van der Waals surface area contributed by atoms with Crippen LogP contribution in [0.5, 0.6) is 0 Å². The largest absolute Gasteiger partial charge is 0.378 e. The summed E-state index contributed by atoms with van der Waals surface area (Å²) in [6, 6.07) is 17.8. The third-order valence-corrected chi connectivity index (χ3v) is 2.87. The lowest BCUT2D eigenvalue weighted by molar-refractivity contribution is -0.124. The first-order valence-electron chi connectivity index (χ1n) is 6.20. The van der Waals surface area contributed by atoms with Crippen molar-refractivity contribution in [3.8, 4) is 6.07 Å². The van der Waals surface area contributed by atoms with Crippen molar-refractivity contribution in [3.05, 3.63) is 65.7 Å². The lowest BCUT2D eigenvalue weighted by atomic mass is 10.1. The summed E-state index contributed by atoms with van der Waals surface area (Å²) in [6.07, 6.45) is -0.865. The zero-order valence-electron chi connectivity index (χ0n) is 10.8. The minimum Gasteiger partial charge on any atom is -0.378 e. The SMILES string of the molecule is N#CCc1ccc(NC(=O)C(O)c2ccccc2)cc1. The maximum atomic E-state index is 11.9. The van der Waals surface area contributed by atoms with E-state index in [4.69, 9.17) is 5.26 Å². The number of carbonyl (C=O) groups is 1. The van der Waals surface area contributed by atoms with Gasteiger partial charge in [0, 0.05) is 5.69 Å². The molecule has 100 valence electrons. The summed E-state index contributed by atoms with van der Waals surface area (Å²) < 4.78 is 0. The van der Waals surface area contributed by atoms with E-state index < -0.39 is 12.0 Å². The topological polar surface area (TPSA) is 73.1 Å². The van der Waals surface area contributed by atoms with Crippen LogP contribution in [0, 0.1) is 11.3 Å². The number of aliphatic hydroxyl groups excluding tert-OH is 1. The molecule has 0 radical (unpaired) electrons. The second-order valence-corrected chi connectivity index (χ2v) is 4.33. The van der Waals surface area contributed by atoms with E-state index in [1.807, 2.05) is 6.07 Å². The molecule has 2 N–H and O–H groups in total. The van der Waals surface area contributed by atoms with Gasteiger partial charge in [-0.1, -0.05) is 42.5 Å². The highest BCUT2D eigenvalue weighted by Gasteiger charge is 2.16. The molecule has 0 saturated heterocycles. The average Bonchev–Trinajstić information content (AvgIpc) is 2.49. The van der Waals surface area contributed by atoms with Crippen molar-refractivity contribution in [2.75, 3.05) is 5.32 Å². The highest BCUT2D eigenvalue weighted by atomic mass is 16.3. The van der Waals surface area contributed by atoms with Crippen LogP contribution in [0.1, 0.15) is 17.2 Å². The number of carbonyl (C=O) groups excluding carboxylic acids is 1. The van der Waals surface area contributed by atoms with E-state index in [1.54, 1.807) is 48.5 Å². The Morgan fingerprint density at radius 3 is 2.40 bits per heavy atom. The molecule has 4 nitrogen and oxygen atoms in total. The van der Waals surface area contributed by atoms with Crippen molar-refractivity contribution in [1.82, 2.24) is 0 Å². The Labute approximate surface area is 117 Å². The third-order valence-electron chi connectivity index (χ3n) is 2.87. The number of benzene rings is 2. The number of amides is 1. The van der Waals surface area contributed by atoms with Crippen LogP contribution in [0.3, 0.4) is 0 Å². The number of aliphatic hydroxyl groups is 1. The van der Waals surface area contributed by atoms with E-state index in [2.05, 4.69) is 11.4 Å². The van der Waals surface area contributed by atoms with Crippen LogP contribution in [0.15, 0.2) is 54.6 Å². The lowest BCUT2D eigenvalue weighted by Gasteiger charge is -2.11. The van der Waals surface area contributed by atoms with Gasteiger partial charge in [-0.3, -0.25) is 4.79 Å². The molecule has 0 aromatic heterocycles. The number of hydrogen-bond acceptors (Lipinski definition) is 3. The molecule has 20 heavy (non-hydrogen) atoms. The molecule has 0 fully saturated rings. The Morgan fingerprint density at radius 2 is 1.80 bits per heavy atom. The van der Waals surface area contributed by atoms with Gasteiger partial charge in [0.05, 0.1) is 12.5 Å². The summed E-state index contributed by atoms with van der Waals surface area (Å²) in [5.74, 6) is -0.482. The zero-order valence-corrected chi connectivity index (χ0v) is 10.8. The zero-order chi connectivity index (χ0) is 14.4. The highest BCUT2D eigenvalue weighted by molar-refractivity contribution is 5.94. The number of nitriles is 1. The predicted octanol–water partition coefficient (Wildman–Crippen LogP) is 2.42. The summed E-state index contributed by atoms with van der Waals surface area (Å²) in [6.45, 7) is 0. The van der Waals surface area contributed by atoms with E-state index in [0.717, 1.165) is 5.56 Å². The van der Waals surface area contributed by atoms with Crippen molar-refractivity contribution in [1.29, 1.82) is 5.26 Å². The molecule has 4 heteroatoms. The summed E-state index contributed by atoms with van der Waals surface area (Å²) >= 11 is 0. The van der Waals surface area contributed by atoms with Crippen molar-refractivity contribution < 1.29 is 9.90 Å². The predicted molar refractivity (Wildman–Crippen MR) is 75.8 cm³/mol. The van der Waals surface area contributed by atoms with Gasteiger partial charge in [0.1, 0.15) is 0 Å². The molecule has 0 saturated carbocycles. The quantitative estimate of drug-likeness (QED) is 0.892. The fourth-order valence-corrected chi connectivity index (χ4v) is 1.79. The molecule has 2 aromatic rings. The van der Waals surface area contributed by atoms with E-state index >= 15 is 0 Å². The van der Waals surface area contributed by atoms with Crippen LogP contribution in [-0.2, 0) is 11.2 Å². The molecule has 0 bridgehead atoms. The van der Waals surface area contributed by atoms with Crippen LogP contribution >= 0.6 is 0 Å². The molecule has 0 heterocycles. The van der Waals surface area contributed by atoms with Gasteiger partial charge in [-0.05, 0) is 23.3 Å². The van der Waals surface area contributed by atoms with Crippen molar-refractivity contribution >= 4 is 11.6 Å². The second-order valence-electron chi connectivity index (χ2n) is 4.33. The van der Waals surface area contributed by atoms with Gasteiger partial charge in [0.2, 0.25) is 0 Å². The molecule has 0 aliphatic carbocycles. The Bertz CT molecular complexity index is 615. The minimum atomic E-state index is -1.20. The van der Waals surface area contributed by atoms with Crippen LogP contribution in [0.4, 0.5) is 5.69 Å². The number of nitrogens with zero attached hydrogens (tertiary/aromatic N) is 1. The smallest absolute Gasteiger partial charge is 0.257 e. The standard InChI is InChI=1S/C16H14N2O2/c17-11-10-12-6-8-14(9-7-12)18-16(20)15(19)13-4-2-1-3-5-13/h1-9,15,19H,10H2,(H,18,20). The van der Waals surface area contributed by atoms with Gasteiger partial charge >= 0.3 is 0 Å². The first-order chi connectivity index (χ1) is 9.70. The molecule has 0 spiro atoms. The molecule has 1 amide bonds. The summed E-state index contributed by atoms with van der Waals surface area (Å²) in [5, 5.41) is 21.2. The molecule has 0 aliphatic heterocycles. The Balaban J connectivity index is 2.03. The molecule has 2 rings (SSSR count). The van der Waals surface area contributed by atoms with Gasteiger partial charge < -0.3 is 10.4 Å². The Morgan fingerprint density at radius 1 is 1.15 bits per heavy atom. The van der Waals surface area contributed by atoms with Gasteiger partial charge in [-0.25, -0.2) is 0 Å². The number of hydrogen-bond donors (Lipinski definition) is 2. The van der Waals surface area contributed by atoms with Crippen LogP contribution in [0.2, 0.25) is 0 Å². The molecular weight excluding hydrogens is 252 g/mol. The lowest BCUT2D eigenvalue weighted by Crippen LogP contribution is -2.20. The normalized spacial score (nSPS) is 11.4. The monoisotopic (exact) mass is 266 g/mol. The fraction of sp³-hybridized carbons (Fsp3) is 0.125. The molecule has 1 atom stereocenters. The maximum Gasteiger partial charge on any atom is 0.257 e. The Kier molecular flexibility index (Phi) is 4.48. The second kappa shape index (κ2) is 6.50. The summed E-state index contributed by atoms with van der Waals surface area (Å²) in [7, 11) is 0. The van der Waals surface area contributed by atoms with Gasteiger partial charge in [0.25, 0.3) is 5.91 Å². The molecular formula is C16H14N2O2. The molecule has 0 aliphatic rings. The van der Waals surface area contributed by atoms with E-state index in [0.29, 0.717) is 17.7 Å². The Hall–Kier alpha value is -2.64. The summed E-state index contributed by atoms with van der Waals surface area (Å²) in [5.41, 5.74) is 2.02. The highest BCUT2D eigenvalue weighted by Crippen LogP contribution is 2.16. The third kappa shape index (κ3) is 3.44. The number of anilines is 1. The van der Waals surface area contributed by atoms with Crippen LogP contribution < -0.4 is 5.32 Å². The van der Waals surface area contributed by atoms with Crippen LogP contribution in [-0.4, -0.2) is 11.0 Å². The number of nitrogens with one attached hydrogen (secondary N) is 1. The van der Waals surface area contributed by atoms with Crippen molar-refractivity contribution in [2.45, 2.75) is 12.5 Å². The molecule has 2 aromatic carbocycles. The fourth-order valence-electron chi connectivity index (χ4n) is 1.79. The average molecular weight is 266 g/mol. The molecule has 1 unspecified atom stereocenters. The van der Waals surface area contributed by atoms with Gasteiger partial charge in [0.15, 0.2) is 6.10 Å². The van der Waals surface area contributed by atoms with Crippen molar-refractivity contribution in [2.24, 2.45) is 0 Å². The summed E-state index contributed by atoms with van der Waals surface area (Å²) in [4.78, 5) is 11.9. The number of rotatable bonds is 4. The minimum absolute atomic E-state index is 0.334. The van der Waals surface area contributed by atoms with E-state index in [1.165, 1.54) is 0 Å². The van der Waals surface area contributed by atoms with Crippen LogP contribution in [0.25, 0.3) is 0 Å². The van der Waals surface area contributed by atoms with Crippen molar-refractivity contribution in [3.63, 3.8) is 0 Å². The maximum absolute atomic E-state index is 11.9. The van der Waals surface area contributed by atoms with Gasteiger partial charge in [-0.15, -0.1) is 0 Å². The first kappa shape index (κ1) is 13.8.